The van der Waals surface area contributed by atoms with Gasteiger partial charge in [0.2, 0.25) is 0 Å². The first kappa shape index (κ1) is 8.86. The Balaban J connectivity index is 1.98. The van der Waals surface area contributed by atoms with Crippen molar-refractivity contribution in [2.45, 2.75) is 12.8 Å². The van der Waals surface area contributed by atoms with Crippen LogP contribution in [0.2, 0.25) is 0 Å². The maximum atomic E-state index is 11.0. The van der Waals surface area contributed by atoms with E-state index < -0.39 is 35.7 Å². The van der Waals surface area contributed by atoms with Gasteiger partial charge < -0.3 is 9.47 Å². The van der Waals surface area contributed by atoms with E-state index in [4.69, 9.17) is 0 Å². The molecule has 2 saturated heterocycles. The highest BCUT2D eigenvalue weighted by Gasteiger charge is 2.46. The topological polar surface area (TPSA) is 86.7 Å². The van der Waals surface area contributed by atoms with Crippen molar-refractivity contribution in [2.75, 3.05) is 0 Å². The number of rotatable bonds is 2. The monoisotopic (exact) mass is 198 g/mol. The number of esters is 4. The van der Waals surface area contributed by atoms with Gasteiger partial charge in [0.25, 0.3) is 0 Å². The summed E-state index contributed by atoms with van der Waals surface area (Å²) in [6.07, 6.45) is -0.0435. The summed E-state index contributed by atoms with van der Waals surface area (Å²) in [5.41, 5.74) is 0. The van der Waals surface area contributed by atoms with E-state index in [1.807, 2.05) is 0 Å². The van der Waals surface area contributed by atoms with Gasteiger partial charge in [0, 0.05) is 0 Å². The number of cyclic esters (lactones) is 4. The molecule has 0 amide bonds. The summed E-state index contributed by atoms with van der Waals surface area (Å²) in [6, 6.07) is 0. The molecule has 0 radical (unpaired) electrons. The van der Waals surface area contributed by atoms with Crippen molar-refractivity contribution in [3.8, 4) is 0 Å². The highest BCUT2D eigenvalue weighted by molar-refractivity contribution is 6.09. The third kappa shape index (κ3) is 1.28. The van der Waals surface area contributed by atoms with E-state index in [9.17, 15) is 19.2 Å². The molecular formula is C8H6O6. The van der Waals surface area contributed by atoms with Crippen LogP contribution in [0, 0.1) is 11.8 Å². The molecule has 0 aliphatic carbocycles. The minimum absolute atomic E-state index is 0.0161. The number of carbonyl (C=O) groups is 4. The van der Waals surface area contributed by atoms with Crippen LogP contribution in [0.25, 0.3) is 0 Å². The fourth-order valence-electron chi connectivity index (χ4n) is 1.46. The highest BCUT2D eigenvalue weighted by Crippen LogP contribution is 2.28. The summed E-state index contributed by atoms with van der Waals surface area (Å²) in [7, 11) is 0. The van der Waals surface area contributed by atoms with Crippen molar-refractivity contribution >= 4 is 23.9 Å². The van der Waals surface area contributed by atoms with Gasteiger partial charge in [-0.1, -0.05) is 0 Å². The number of hydrogen-bond donors (Lipinski definition) is 0. The van der Waals surface area contributed by atoms with Crippen molar-refractivity contribution in [3.63, 3.8) is 0 Å². The van der Waals surface area contributed by atoms with Crippen LogP contribution in [-0.4, -0.2) is 23.9 Å². The van der Waals surface area contributed by atoms with Crippen molar-refractivity contribution < 1.29 is 28.7 Å². The van der Waals surface area contributed by atoms with Gasteiger partial charge in [-0.3, -0.25) is 19.2 Å². The van der Waals surface area contributed by atoms with Crippen LogP contribution < -0.4 is 0 Å². The standard InChI is InChI=1S/C8H6O6/c9-5-2-3(6(10)13-5)1-4-7(11)14-8(4)12/h3-4H,1-2H2. The number of ether oxygens (including phenoxy) is 2. The molecule has 2 aliphatic heterocycles. The van der Waals surface area contributed by atoms with E-state index in [0.717, 1.165) is 0 Å². The van der Waals surface area contributed by atoms with E-state index in [-0.39, 0.29) is 12.8 Å². The predicted molar refractivity (Wildman–Crippen MR) is 38.4 cm³/mol. The Morgan fingerprint density at radius 1 is 1.00 bits per heavy atom. The summed E-state index contributed by atoms with van der Waals surface area (Å²) < 4.78 is 8.38. The zero-order valence-electron chi connectivity index (χ0n) is 7.02. The average Bonchev–Trinajstić information content (AvgIpc) is 2.41. The van der Waals surface area contributed by atoms with Gasteiger partial charge >= 0.3 is 23.9 Å². The Morgan fingerprint density at radius 2 is 1.64 bits per heavy atom. The molecule has 2 heterocycles. The lowest BCUT2D eigenvalue weighted by atomic mass is 9.91. The highest BCUT2D eigenvalue weighted by atomic mass is 16.6. The Kier molecular flexibility index (Phi) is 1.83. The molecule has 0 aromatic rings. The molecule has 1 unspecified atom stereocenters. The third-order valence-electron chi connectivity index (χ3n) is 2.25. The molecule has 2 rings (SSSR count). The fourth-order valence-corrected chi connectivity index (χ4v) is 1.46. The second-order valence-corrected chi connectivity index (χ2v) is 3.22. The van der Waals surface area contributed by atoms with Crippen LogP contribution in [0.1, 0.15) is 12.8 Å². The molecule has 6 nitrogen and oxygen atoms in total. The van der Waals surface area contributed by atoms with Gasteiger partial charge in [-0.15, -0.1) is 0 Å². The first-order chi connectivity index (χ1) is 6.58. The molecule has 74 valence electrons. The third-order valence-corrected chi connectivity index (χ3v) is 2.25. The summed E-state index contributed by atoms with van der Waals surface area (Å²) in [6.45, 7) is 0. The molecule has 1 atom stereocenters. The lowest BCUT2D eigenvalue weighted by molar-refractivity contribution is -0.184. The molecular weight excluding hydrogens is 192 g/mol. The Hall–Kier alpha value is -1.72. The van der Waals surface area contributed by atoms with Crippen molar-refractivity contribution in [2.24, 2.45) is 11.8 Å². The van der Waals surface area contributed by atoms with Gasteiger partial charge in [-0.05, 0) is 6.42 Å². The Bertz CT molecular complexity index is 330. The van der Waals surface area contributed by atoms with Crippen LogP contribution in [0.4, 0.5) is 0 Å². The molecule has 6 heteroatoms. The van der Waals surface area contributed by atoms with E-state index >= 15 is 0 Å². The zero-order chi connectivity index (χ0) is 10.3. The first-order valence-electron chi connectivity index (χ1n) is 4.08. The van der Waals surface area contributed by atoms with E-state index in [1.54, 1.807) is 0 Å². The minimum Gasteiger partial charge on any atom is -0.393 e. The number of hydrogen-bond acceptors (Lipinski definition) is 6. The van der Waals surface area contributed by atoms with E-state index in [1.165, 1.54) is 0 Å². The Labute approximate surface area is 78.2 Å². The van der Waals surface area contributed by atoms with Gasteiger partial charge in [-0.25, -0.2) is 0 Å². The van der Waals surface area contributed by atoms with Crippen molar-refractivity contribution in [1.29, 1.82) is 0 Å². The summed E-state index contributed by atoms with van der Waals surface area (Å²) >= 11 is 0. The molecule has 2 aliphatic rings. The van der Waals surface area contributed by atoms with Crippen molar-refractivity contribution in [1.82, 2.24) is 0 Å². The molecule has 0 aromatic carbocycles. The largest absolute Gasteiger partial charge is 0.393 e. The first-order valence-corrected chi connectivity index (χ1v) is 4.08. The second kappa shape index (κ2) is 2.90. The van der Waals surface area contributed by atoms with E-state index in [2.05, 4.69) is 9.47 Å². The lowest BCUT2D eigenvalue weighted by Gasteiger charge is -2.22. The quantitative estimate of drug-likeness (QED) is 0.425. The molecule has 2 fully saturated rings. The van der Waals surface area contributed by atoms with Crippen LogP contribution in [0.5, 0.6) is 0 Å². The molecule has 0 spiro atoms. The van der Waals surface area contributed by atoms with Crippen LogP contribution in [0.3, 0.4) is 0 Å². The smallest absolute Gasteiger partial charge is 0.328 e. The molecule has 0 saturated carbocycles. The van der Waals surface area contributed by atoms with Gasteiger partial charge in [0.05, 0.1) is 12.3 Å². The Morgan fingerprint density at radius 3 is 2.07 bits per heavy atom. The zero-order valence-corrected chi connectivity index (χ0v) is 7.02. The van der Waals surface area contributed by atoms with Crippen LogP contribution >= 0.6 is 0 Å². The number of carbonyl (C=O) groups excluding carboxylic acids is 4. The lowest BCUT2D eigenvalue weighted by Crippen LogP contribution is -2.42. The van der Waals surface area contributed by atoms with Crippen LogP contribution in [-0.2, 0) is 28.7 Å². The predicted octanol–water partition coefficient (Wildman–Crippen LogP) is -0.834. The molecule has 0 bridgehead atoms. The van der Waals surface area contributed by atoms with Gasteiger partial charge in [0.1, 0.15) is 0 Å². The molecule has 0 aromatic heterocycles. The second-order valence-electron chi connectivity index (χ2n) is 3.22. The average molecular weight is 198 g/mol. The molecule has 0 N–H and O–H groups in total. The molecule has 14 heavy (non-hydrogen) atoms. The van der Waals surface area contributed by atoms with Gasteiger partial charge in [-0.2, -0.15) is 0 Å². The normalized spacial score (nSPS) is 27.3. The maximum absolute atomic E-state index is 11.0. The summed E-state index contributed by atoms with van der Waals surface area (Å²) in [5.74, 6) is -4.12. The van der Waals surface area contributed by atoms with Gasteiger partial charge in [0.15, 0.2) is 5.92 Å². The maximum Gasteiger partial charge on any atom is 0.328 e. The van der Waals surface area contributed by atoms with Crippen LogP contribution in [0.15, 0.2) is 0 Å². The fraction of sp³-hybridized carbons (Fsp3) is 0.500. The van der Waals surface area contributed by atoms with E-state index in [0.29, 0.717) is 0 Å². The summed E-state index contributed by atoms with van der Waals surface area (Å²) in [4.78, 5) is 43.1. The SMILES string of the molecule is O=C1CC(CC2C(=O)OC2=O)C(=O)O1. The van der Waals surface area contributed by atoms with Crippen molar-refractivity contribution in [3.05, 3.63) is 0 Å². The minimum atomic E-state index is -0.890. The summed E-state index contributed by atoms with van der Waals surface area (Å²) in [5, 5.41) is 0.